The molecule has 0 spiro atoms. The van der Waals surface area contributed by atoms with E-state index in [9.17, 15) is 14.4 Å². The Hall–Kier alpha value is -4.88. The van der Waals surface area contributed by atoms with Gasteiger partial charge in [0.2, 0.25) is 11.8 Å². The number of anilines is 1. The number of amides is 3. The summed E-state index contributed by atoms with van der Waals surface area (Å²) in [6.07, 6.45) is 3.56. The van der Waals surface area contributed by atoms with Crippen molar-refractivity contribution in [3.8, 4) is 16.9 Å². The lowest BCUT2D eigenvalue weighted by molar-refractivity contribution is -0.123. The lowest BCUT2D eigenvalue weighted by Crippen LogP contribution is -2.42. The van der Waals surface area contributed by atoms with Crippen molar-refractivity contribution in [2.75, 3.05) is 12.4 Å². The summed E-state index contributed by atoms with van der Waals surface area (Å²) < 4.78 is 6.05. The van der Waals surface area contributed by atoms with Crippen molar-refractivity contribution in [2.24, 2.45) is 0 Å². The normalized spacial score (nSPS) is 12.0. The number of halogens is 2. The third-order valence-corrected chi connectivity index (χ3v) is 6.51. The van der Waals surface area contributed by atoms with Gasteiger partial charge in [0.1, 0.15) is 6.33 Å². The number of tetrazole rings is 1. The van der Waals surface area contributed by atoms with Gasteiger partial charge >= 0.3 is 6.09 Å². The van der Waals surface area contributed by atoms with Gasteiger partial charge in [0.25, 0.3) is 0 Å². The van der Waals surface area contributed by atoms with Gasteiger partial charge in [-0.15, -0.1) is 15.3 Å². The third-order valence-electron chi connectivity index (χ3n) is 5.98. The molecule has 228 valence electrons. The van der Waals surface area contributed by atoms with Crippen molar-refractivity contribution in [2.45, 2.75) is 38.8 Å². The molecule has 0 aliphatic carbocycles. The highest BCUT2D eigenvalue weighted by Gasteiger charge is 2.24. The van der Waals surface area contributed by atoms with Gasteiger partial charge in [0.15, 0.2) is 5.15 Å². The highest BCUT2D eigenvalue weighted by molar-refractivity contribution is 6.31. The topological polar surface area (TPSA) is 166 Å². The first-order valence-corrected chi connectivity index (χ1v) is 14.0. The van der Waals surface area contributed by atoms with Crippen molar-refractivity contribution in [1.82, 2.24) is 41.0 Å². The fourth-order valence-electron chi connectivity index (χ4n) is 4.09. The average Bonchev–Trinajstić information content (AvgIpc) is 3.50. The van der Waals surface area contributed by atoms with Crippen LogP contribution in [0.1, 0.15) is 44.4 Å². The molecule has 0 saturated heterocycles. The summed E-state index contributed by atoms with van der Waals surface area (Å²) in [5.41, 5.74) is 2.67. The lowest BCUT2D eigenvalue weighted by Gasteiger charge is -2.24. The molecule has 4 aromatic rings. The Bertz CT molecular complexity index is 1670. The monoisotopic (exact) mass is 637 g/mol. The number of ether oxygens (including phenoxy) is 1. The van der Waals surface area contributed by atoms with Gasteiger partial charge in [-0.1, -0.05) is 35.3 Å². The number of aromatic nitrogens is 6. The molecule has 4 rings (SSSR count). The van der Waals surface area contributed by atoms with E-state index in [2.05, 4.69) is 46.4 Å². The standard InChI is InChI=1S/C29H29Cl2N9O4/c1-29(2,3)35-26(42)15-23(34-25(41)12-7-18-13-19(30)8-11-24(18)40-16-32-38-39-40)21-14-22(36-37-27(21)31)17-5-9-20(10-6-17)33-28(43)44-4/h5-14,16,23H,15H2,1-4H3,(H,33,43)(H,34,41)(H,35,42). The number of carbonyl (C=O) groups excluding carboxylic acids is 3. The van der Waals surface area contributed by atoms with E-state index in [-0.39, 0.29) is 17.5 Å². The molecule has 3 N–H and O–H groups in total. The van der Waals surface area contributed by atoms with Crippen LogP contribution < -0.4 is 16.0 Å². The molecule has 0 bridgehead atoms. The quantitative estimate of drug-likeness (QED) is 0.219. The van der Waals surface area contributed by atoms with E-state index in [0.29, 0.717) is 38.8 Å². The molecule has 44 heavy (non-hydrogen) atoms. The number of nitrogens with one attached hydrogen (secondary N) is 3. The molecular weight excluding hydrogens is 609 g/mol. The van der Waals surface area contributed by atoms with E-state index in [1.54, 1.807) is 54.6 Å². The summed E-state index contributed by atoms with van der Waals surface area (Å²) in [5, 5.41) is 28.3. The summed E-state index contributed by atoms with van der Waals surface area (Å²) >= 11 is 12.7. The first-order chi connectivity index (χ1) is 20.9. The number of benzene rings is 2. The second-order valence-electron chi connectivity index (χ2n) is 10.5. The zero-order valence-corrected chi connectivity index (χ0v) is 25.7. The van der Waals surface area contributed by atoms with Crippen LogP contribution in [0.5, 0.6) is 0 Å². The Morgan fingerprint density at radius 3 is 2.45 bits per heavy atom. The first kappa shape index (κ1) is 32.0. The van der Waals surface area contributed by atoms with Gasteiger partial charge in [-0.25, -0.2) is 4.79 Å². The zero-order chi connectivity index (χ0) is 31.9. The van der Waals surface area contributed by atoms with Crippen LogP contribution in [-0.4, -0.2) is 61.0 Å². The van der Waals surface area contributed by atoms with Gasteiger partial charge in [-0.3, -0.25) is 14.9 Å². The largest absolute Gasteiger partial charge is 0.453 e. The molecule has 0 aliphatic heterocycles. The number of methoxy groups -OCH3 is 1. The minimum Gasteiger partial charge on any atom is -0.453 e. The summed E-state index contributed by atoms with van der Waals surface area (Å²) in [6.45, 7) is 5.56. The fourth-order valence-corrected chi connectivity index (χ4v) is 4.49. The molecule has 2 aromatic carbocycles. The van der Waals surface area contributed by atoms with Crippen LogP contribution in [0.25, 0.3) is 23.0 Å². The number of rotatable bonds is 9. The summed E-state index contributed by atoms with van der Waals surface area (Å²) in [6, 6.07) is 12.6. The summed E-state index contributed by atoms with van der Waals surface area (Å²) in [5.74, 6) is -0.816. The van der Waals surface area contributed by atoms with Crippen LogP contribution in [0.2, 0.25) is 10.2 Å². The van der Waals surface area contributed by atoms with Gasteiger partial charge < -0.3 is 15.4 Å². The average molecular weight is 639 g/mol. The van der Waals surface area contributed by atoms with E-state index in [1.807, 2.05) is 20.8 Å². The Morgan fingerprint density at radius 1 is 1.05 bits per heavy atom. The van der Waals surface area contributed by atoms with E-state index in [1.165, 1.54) is 24.2 Å². The minimum absolute atomic E-state index is 0.0198. The summed E-state index contributed by atoms with van der Waals surface area (Å²) in [4.78, 5) is 37.7. The highest BCUT2D eigenvalue weighted by Crippen LogP contribution is 2.29. The lowest BCUT2D eigenvalue weighted by atomic mass is 10.0. The molecule has 0 fully saturated rings. The zero-order valence-electron chi connectivity index (χ0n) is 24.2. The number of hydrogen-bond donors (Lipinski definition) is 3. The number of nitrogens with zero attached hydrogens (tertiary/aromatic N) is 6. The molecule has 1 unspecified atom stereocenters. The minimum atomic E-state index is -0.866. The van der Waals surface area contributed by atoms with E-state index >= 15 is 0 Å². The van der Waals surface area contributed by atoms with Crippen molar-refractivity contribution in [1.29, 1.82) is 0 Å². The predicted octanol–water partition coefficient (Wildman–Crippen LogP) is 4.78. The molecule has 0 saturated carbocycles. The van der Waals surface area contributed by atoms with Crippen molar-refractivity contribution >= 4 is 52.9 Å². The van der Waals surface area contributed by atoms with Crippen LogP contribution in [0.3, 0.4) is 0 Å². The van der Waals surface area contributed by atoms with Gasteiger partial charge in [-0.2, -0.15) is 4.68 Å². The van der Waals surface area contributed by atoms with Crippen molar-refractivity contribution in [3.63, 3.8) is 0 Å². The van der Waals surface area contributed by atoms with Crippen LogP contribution in [0.15, 0.2) is 60.9 Å². The Morgan fingerprint density at radius 2 is 1.80 bits per heavy atom. The molecule has 3 amide bonds. The summed E-state index contributed by atoms with van der Waals surface area (Å²) in [7, 11) is 1.27. The van der Waals surface area contributed by atoms with E-state index in [0.717, 1.165) is 0 Å². The van der Waals surface area contributed by atoms with Gasteiger partial charge in [0.05, 0.1) is 31.0 Å². The second-order valence-corrected chi connectivity index (χ2v) is 11.3. The molecule has 0 radical (unpaired) electrons. The third kappa shape index (κ3) is 8.82. The molecule has 15 heteroatoms. The predicted molar refractivity (Wildman–Crippen MR) is 165 cm³/mol. The second kappa shape index (κ2) is 14.1. The molecule has 1 atom stereocenters. The maximum absolute atomic E-state index is 13.2. The maximum Gasteiger partial charge on any atom is 0.411 e. The van der Waals surface area contributed by atoms with Gasteiger partial charge in [0, 0.05) is 39.0 Å². The van der Waals surface area contributed by atoms with Crippen molar-refractivity contribution in [3.05, 3.63) is 82.2 Å². The van der Waals surface area contributed by atoms with Crippen LogP contribution in [0.4, 0.5) is 10.5 Å². The fraction of sp³-hybridized carbons (Fsp3) is 0.241. The SMILES string of the molecule is COC(=O)Nc1ccc(-c2cc(C(CC(=O)NC(C)(C)C)NC(=O)C=Cc3cc(Cl)ccc3-n3cnnn3)c(Cl)nn2)cc1. The maximum atomic E-state index is 13.2. The number of carbonyl (C=O) groups is 3. The van der Waals surface area contributed by atoms with E-state index in [4.69, 9.17) is 23.2 Å². The van der Waals surface area contributed by atoms with Crippen LogP contribution >= 0.6 is 23.2 Å². The smallest absolute Gasteiger partial charge is 0.411 e. The highest BCUT2D eigenvalue weighted by atomic mass is 35.5. The Labute approximate surface area is 263 Å². The Balaban J connectivity index is 1.62. The molecule has 13 nitrogen and oxygen atoms in total. The molecular formula is C29H29Cl2N9O4. The van der Waals surface area contributed by atoms with E-state index < -0.39 is 23.6 Å². The molecule has 2 aromatic heterocycles. The van der Waals surface area contributed by atoms with Crippen LogP contribution in [-0.2, 0) is 14.3 Å². The molecule has 0 aliphatic rings. The van der Waals surface area contributed by atoms with Crippen molar-refractivity contribution < 1.29 is 19.1 Å². The Kier molecular flexibility index (Phi) is 10.2. The van der Waals surface area contributed by atoms with Crippen LogP contribution in [0, 0.1) is 0 Å². The number of hydrogen-bond acceptors (Lipinski definition) is 9. The molecule has 2 heterocycles. The first-order valence-electron chi connectivity index (χ1n) is 13.2. The van der Waals surface area contributed by atoms with Gasteiger partial charge in [-0.05, 0) is 73.7 Å².